The molecule has 10 heteroatoms. The molecule has 1 atom stereocenters. The third-order valence-electron chi connectivity index (χ3n) is 5.96. The maximum atomic E-state index is 13.6. The lowest BCUT2D eigenvalue weighted by atomic mass is 9.94. The Morgan fingerprint density at radius 2 is 1.92 bits per heavy atom. The quantitative estimate of drug-likeness (QED) is 0.297. The number of nitrogens with one attached hydrogen (secondary N) is 2. The summed E-state index contributed by atoms with van der Waals surface area (Å²) in [5.74, 6) is 1.45. The highest BCUT2D eigenvalue weighted by Crippen LogP contribution is 2.37. The van der Waals surface area contributed by atoms with Gasteiger partial charge in [-0.05, 0) is 54.4 Å². The number of aromatic nitrogens is 3. The van der Waals surface area contributed by atoms with Crippen LogP contribution in [-0.4, -0.2) is 27.8 Å². The lowest BCUT2D eigenvalue weighted by molar-refractivity contribution is -0.113. The summed E-state index contributed by atoms with van der Waals surface area (Å²) in [5.41, 5.74) is 3.42. The fraction of sp³-hybridized carbons (Fsp3) is 0.148. The van der Waals surface area contributed by atoms with Crippen molar-refractivity contribution < 1.29 is 14.3 Å². The van der Waals surface area contributed by atoms with E-state index in [1.165, 1.54) is 6.33 Å². The van der Waals surface area contributed by atoms with Crippen LogP contribution in [-0.2, 0) is 11.4 Å². The number of para-hydroxylation sites is 2. The van der Waals surface area contributed by atoms with Gasteiger partial charge in [0.15, 0.2) is 0 Å². The van der Waals surface area contributed by atoms with E-state index in [1.54, 1.807) is 36.1 Å². The summed E-state index contributed by atoms with van der Waals surface area (Å²) in [4.78, 5) is 17.9. The number of carbonyl (C=O) groups excluding carboxylic acids is 1. The van der Waals surface area contributed by atoms with Gasteiger partial charge in [0.1, 0.15) is 30.5 Å². The smallest absolute Gasteiger partial charge is 0.255 e. The van der Waals surface area contributed by atoms with Crippen molar-refractivity contribution in [1.29, 1.82) is 0 Å². The van der Waals surface area contributed by atoms with Gasteiger partial charge in [0.25, 0.3) is 5.91 Å². The van der Waals surface area contributed by atoms with Gasteiger partial charge < -0.3 is 20.1 Å². The van der Waals surface area contributed by atoms with Crippen molar-refractivity contribution in [3.63, 3.8) is 0 Å². The van der Waals surface area contributed by atoms with E-state index in [0.29, 0.717) is 51.1 Å². The second-order valence-electron chi connectivity index (χ2n) is 8.36. The minimum Gasteiger partial charge on any atom is -0.495 e. The van der Waals surface area contributed by atoms with Crippen molar-refractivity contribution >= 4 is 40.7 Å². The summed E-state index contributed by atoms with van der Waals surface area (Å²) >= 11 is 12.2. The van der Waals surface area contributed by atoms with Crippen LogP contribution in [0, 0.1) is 0 Å². The van der Waals surface area contributed by atoms with Crippen LogP contribution >= 0.6 is 23.2 Å². The molecule has 8 nitrogen and oxygen atoms in total. The number of anilines is 2. The number of benzene rings is 3. The van der Waals surface area contributed by atoms with Crippen LogP contribution in [0.15, 0.2) is 84.3 Å². The number of nitrogens with zero attached hydrogens (tertiary/aromatic N) is 3. The Hall–Kier alpha value is -4.01. The molecule has 0 saturated carbocycles. The molecule has 1 amide bonds. The van der Waals surface area contributed by atoms with Crippen molar-refractivity contribution in [3.8, 4) is 11.5 Å². The molecule has 37 heavy (non-hydrogen) atoms. The zero-order valence-corrected chi connectivity index (χ0v) is 21.5. The number of methoxy groups -OCH3 is 1. The van der Waals surface area contributed by atoms with Crippen LogP contribution in [0.5, 0.6) is 11.5 Å². The fourth-order valence-corrected chi connectivity index (χ4v) is 4.52. The Morgan fingerprint density at radius 3 is 2.73 bits per heavy atom. The first kappa shape index (κ1) is 24.7. The van der Waals surface area contributed by atoms with Crippen molar-refractivity contribution in [3.05, 3.63) is 105 Å². The Labute approximate surface area is 223 Å². The summed E-state index contributed by atoms with van der Waals surface area (Å²) < 4.78 is 13.1. The Kier molecular flexibility index (Phi) is 7.03. The molecule has 0 fully saturated rings. The zero-order valence-electron chi connectivity index (χ0n) is 20.0. The standard InChI is InChI=1S/C27H23Cl2N5O3/c1-16-24(26(35)33-22-8-3-4-9-23(22)36-2)25(34-27(32-16)30-15-31-34)18-6-5-7-19(13-18)37-14-17-10-11-20(28)21(29)12-17/h3-13,15,25H,14H2,1-2H3,(H,33,35)(H,30,31,32)/t25-/m1/s1. The molecule has 1 aliphatic heterocycles. The average Bonchev–Trinajstić information content (AvgIpc) is 3.37. The van der Waals surface area contributed by atoms with Gasteiger partial charge in [-0.15, -0.1) is 0 Å². The number of carbonyl (C=O) groups is 1. The molecule has 2 N–H and O–H groups in total. The number of rotatable bonds is 7. The van der Waals surface area contributed by atoms with Gasteiger partial charge in [-0.2, -0.15) is 10.1 Å². The predicted octanol–water partition coefficient (Wildman–Crippen LogP) is 6.10. The van der Waals surface area contributed by atoms with Crippen molar-refractivity contribution in [2.45, 2.75) is 19.6 Å². The number of allylic oxidation sites excluding steroid dienone is 1. The number of hydrogen-bond acceptors (Lipinski definition) is 6. The van der Waals surface area contributed by atoms with Crippen LogP contribution in [0.1, 0.15) is 24.1 Å². The number of fused-ring (bicyclic) bond motifs is 1. The van der Waals surface area contributed by atoms with E-state index in [4.69, 9.17) is 32.7 Å². The molecule has 1 aliphatic rings. The molecule has 188 valence electrons. The predicted molar refractivity (Wildman–Crippen MR) is 143 cm³/mol. The fourth-order valence-electron chi connectivity index (χ4n) is 4.20. The monoisotopic (exact) mass is 535 g/mol. The van der Waals surface area contributed by atoms with Gasteiger partial charge in [0.2, 0.25) is 5.95 Å². The normalized spacial score (nSPS) is 14.5. The first-order valence-corrected chi connectivity index (χ1v) is 12.2. The number of ether oxygens (including phenoxy) is 2. The van der Waals surface area contributed by atoms with E-state index in [0.717, 1.165) is 11.1 Å². The highest BCUT2D eigenvalue weighted by Gasteiger charge is 2.34. The van der Waals surface area contributed by atoms with Gasteiger partial charge in [0, 0.05) is 5.70 Å². The first-order chi connectivity index (χ1) is 17.9. The van der Waals surface area contributed by atoms with E-state index >= 15 is 0 Å². The SMILES string of the molecule is COc1ccccc1NC(=O)C1=C(C)Nc2ncnn2[C@@H]1c1cccc(OCc2ccc(Cl)c(Cl)c2)c1. The molecule has 0 aliphatic carbocycles. The summed E-state index contributed by atoms with van der Waals surface area (Å²) in [5, 5.41) is 11.5. The van der Waals surface area contributed by atoms with E-state index in [1.807, 2.05) is 49.4 Å². The first-order valence-electron chi connectivity index (χ1n) is 11.4. The van der Waals surface area contributed by atoms with Crippen LogP contribution in [0.3, 0.4) is 0 Å². The van der Waals surface area contributed by atoms with E-state index < -0.39 is 6.04 Å². The van der Waals surface area contributed by atoms with E-state index in [2.05, 4.69) is 20.7 Å². The van der Waals surface area contributed by atoms with Crippen LogP contribution in [0.25, 0.3) is 0 Å². The molecule has 0 unspecified atom stereocenters. The van der Waals surface area contributed by atoms with Crippen molar-refractivity contribution in [2.75, 3.05) is 17.7 Å². The van der Waals surface area contributed by atoms with Gasteiger partial charge in [-0.25, -0.2) is 4.68 Å². The summed E-state index contributed by atoms with van der Waals surface area (Å²) in [7, 11) is 1.56. The highest BCUT2D eigenvalue weighted by molar-refractivity contribution is 6.42. The van der Waals surface area contributed by atoms with Gasteiger partial charge >= 0.3 is 0 Å². The average molecular weight is 536 g/mol. The van der Waals surface area contributed by atoms with Gasteiger partial charge in [-0.1, -0.05) is 53.5 Å². The lowest BCUT2D eigenvalue weighted by Crippen LogP contribution is -2.31. The lowest BCUT2D eigenvalue weighted by Gasteiger charge is -2.29. The Balaban J connectivity index is 1.46. The third kappa shape index (κ3) is 5.12. The topological polar surface area (TPSA) is 90.3 Å². The summed E-state index contributed by atoms with van der Waals surface area (Å²) in [6.45, 7) is 2.14. The molecule has 4 aromatic rings. The minimum absolute atomic E-state index is 0.289. The Morgan fingerprint density at radius 1 is 1.08 bits per heavy atom. The number of amides is 1. The number of hydrogen-bond donors (Lipinski definition) is 2. The van der Waals surface area contributed by atoms with Crippen LogP contribution < -0.4 is 20.1 Å². The molecule has 5 rings (SSSR count). The third-order valence-corrected chi connectivity index (χ3v) is 6.70. The van der Waals surface area contributed by atoms with Gasteiger partial charge in [-0.3, -0.25) is 4.79 Å². The highest BCUT2D eigenvalue weighted by atomic mass is 35.5. The largest absolute Gasteiger partial charge is 0.495 e. The number of halogens is 2. The van der Waals surface area contributed by atoms with E-state index in [-0.39, 0.29) is 5.91 Å². The molecule has 1 aromatic heterocycles. The van der Waals surface area contributed by atoms with Crippen molar-refractivity contribution in [2.24, 2.45) is 0 Å². The molecule has 3 aromatic carbocycles. The van der Waals surface area contributed by atoms with Crippen LogP contribution in [0.4, 0.5) is 11.6 Å². The minimum atomic E-state index is -0.540. The molecular weight excluding hydrogens is 513 g/mol. The second-order valence-corrected chi connectivity index (χ2v) is 9.17. The van der Waals surface area contributed by atoms with Crippen LogP contribution in [0.2, 0.25) is 10.0 Å². The molecule has 0 saturated heterocycles. The van der Waals surface area contributed by atoms with E-state index in [9.17, 15) is 4.79 Å². The summed E-state index contributed by atoms with van der Waals surface area (Å²) in [6, 6.07) is 19.6. The molecular formula is C27H23Cl2N5O3. The van der Waals surface area contributed by atoms with Crippen molar-refractivity contribution in [1.82, 2.24) is 14.8 Å². The maximum absolute atomic E-state index is 13.6. The maximum Gasteiger partial charge on any atom is 0.255 e. The Bertz CT molecular complexity index is 1500. The van der Waals surface area contributed by atoms with Gasteiger partial charge in [0.05, 0.1) is 28.4 Å². The molecule has 0 radical (unpaired) electrons. The molecule has 0 bridgehead atoms. The molecule has 0 spiro atoms. The summed E-state index contributed by atoms with van der Waals surface area (Å²) in [6.07, 6.45) is 1.45. The second kappa shape index (κ2) is 10.5. The zero-order chi connectivity index (χ0) is 25.9. The molecule has 2 heterocycles.